The van der Waals surface area contributed by atoms with Gasteiger partial charge in [0.25, 0.3) is 0 Å². The molecule has 4 atom stereocenters. The van der Waals surface area contributed by atoms with Crippen LogP contribution in [0.4, 0.5) is 0 Å². The number of nitrogens with one attached hydrogen (secondary N) is 1. The van der Waals surface area contributed by atoms with Crippen LogP contribution in [-0.2, 0) is 34.8 Å². The number of ether oxygens (including phenoxy) is 3. The molecule has 0 spiro atoms. The van der Waals surface area contributed by atoms with Gasteiger partial charge in [0.15, 0.2) is 0 Å². The molecule has 0 aromatic heterocycles. The summed E-state index contributed by atoms with van der Waals surface area (Å²) in [6, 6.07) is 8.45. The largest absolute Gasteiger partial charge is 0.371 e. The minimum absolute atomic E-state index is 0.108. The maximum atomic E-state index is 12.3. The van der Waals surface area contributed by atoms with Crippen LogP contribution in [0.3, 0.4) is 0 Å². The number of carbonyl (C=O) groups excluding carboxylic acids is 1. The predicted molar refractivity (Wildman–Crippen MR) is 84.4 cm³/mol. The summed E-state index contributed by atoms with van der Waals surface area (Å²) in [7, 11) is -3.52. The van der Waals surface area contributed by atoms with Crippen molar-refractivity contribution in [1.29, 1.82) is 0 Å². The molecule has 8 nitrogen and oxygen atoms in total. The normalized spacial score (nSPS) is 29.5. The van der Waals surface area contributed by atoms with Crippen LogP contribution in [0.1, 0.15) is 5.56 Å². The highest BCUT2D eigenvalue weighted by molar-refractivity contribution is 7.88. The van der Waals surface area contributed by atoms with E-state index in [9.17, 15) is 13.2 Å². The van der Waals surface area contributed by atoms with E-state index >= 15 is 0 Å². The summed E-state index contributed by atoms with van der Waals surface area (Å²) in [4.78, 5) is 10.8. The zero-order valence-corrected chi connectivity index (χ0v) is 13.8. The lowest BCUT2D eigenvalue weighted by atomic mass is 10.1. The molecule has 0 unspecified atom stereocenters. The van der Waals surface area contributed by atoms with Gasteiger partial charge in [0.1, 0.15) is 24.9 Å². The van der Waals surface area contributed by atoms with E-state index < -0.39 is 40.3 Å². The Morgan fingerprint density at radius 3 is 2.62 bits per heavy atom. The van der Waals surface area contributed by atoms with Crippen LogP contribution in [0.5, 0.6) is 0 Å². The average molecular weight is 356 g/mol. The van der Waals surface area contributed by atoms with Crippen molar-refractivity contribution in [3.8, 4) is 0 Å². The second kappa shape index (κ2) is 7.16. The van der Waals surface area contributed by atoms with Gasteiger partial charge in [0.05, 0.1) is 25.0 Å². The maximum absolute atomic E-state index is 12.3. The van der Waals surface area contributed by atoms with E-state index in [1.54, 1.807) is 24.3 Å². The first-order valence-electron chi connectivity index (χ1n) is 7.62. The number of rotatable bonds is 7. The fourth-order valence-corrected chi connectivity index (χ4v) is 4.34. The number of hydrogen-bond donors (Lipinski definition) is 2. The summed E-state index contributed by atoms with van der Waals surface area (Å²) in [6.45, 7) is 0.213. The Balaban J connectivity index is 1.58. The first-order valence-corrected chi connectivity index (χ1v) is 9.27. The third-order valence-electron chi connectivity index (χ3n) is 3.98. The predicted octanol–water partition coefficient (Wildman–Crippen LogP) is -0.857. The number of fused-ring (bicyclic) bond motifs is 1. The third-order valence-corrected chi connectivity index (χ3v) is 5.35. The Labute approximate surface area is 140 Å². The first kappa shape index (κ1) is 17.3. The number of hydrogen-bond acceptors (Lipinski definition) is 6. The van der Waals surface area contributed by atoms with Crippen molar-refractivity contribution < 1.29 is 27.4 Å². The SMILES string of the molecule is NC(=O)CO[C@@H]1CO[C@H]2[C@H]1OC[C@H]2NS(=O)(=O)Cc1ccccc1. The molecular formula is C15H20N2O6S. The van der Waals surface area contributed by atoms with E-state index in [-0.39, 0.29) is 25.6 Å². The molecule has 1 aromatic carbocycles. The second-order valence-corrected chi connectivity index (χ2v) is 7.63. The molecule has 0 aliphatic carbocycles. The molecule has 2 aliphatic rings. The van der Waals surface area contributed by atoms with Crippen molar-refractivity contribution in [3.05, 3.63) is 35.9 Å². The molecule has 0 radical (unpaired) electrons. The van der Waals surface area contributed by atoms with E-state index in [4.69, 9.17) is 19.9 Å². The Bertz CT molecular complexity index is 680. The highest BCUT2D eigenvalue weighted by Crippen LogP contribution is 2.29. The summed E-state index contributed by atoms with van der Waals surface area (Å²) in [5, 5.41) is 0. The van der Waals surface area contributed by atoms with Gasteiger partial charge in [0, 0.05) is 0 Å². The van der Waals surface area contributed by atoms with Crippen molar-refractivity contribution >= 4 is 15.9 Å². The van der Waals surface area contributed by atoms with E-state index in [0.717, 1.165) is 0 Å². The van der Waals surface area contributed by atoms with Crippen molar-refractivity contribution in [2.75, 3.05) is 19.8 Å². The molecule has 9 heteroatoms. The lowest BCUT2D eigenvalue weighted by molar-refractivity contribution is -0.126. The van der Waals surface area contributed by atoms with Gasteiger partial charge >= 0.3 is 0 Å². The van der Waals surface area contributed by atoms with Gasteiger partial charge in [-0.15, -0.1) is 0 Å². The zero-order chi connectivity index (χ0) is 17.2. The Kier molecular flexibility index (Phi) is 5.16. The van der Waals surface area contributed by atoms with E-state index in [2.05, 4.69) is 4.72 Å². The minimum Gasteiger partial charge on any atom is -0.371 e. The number of sulfonamides is 1. The van der Waals surface area contributed by atoms with Crippen LogP contribution in [0.25, 0.3) is 0 Å². The summed E-state index contributed by atoms with van der Waals surface area (Å²) in [5.74, 6) is -0.680. The molecule has 0 saturated carbocycles. The summed E-state index contributed by atoms with van der Waals surface area (Å²) >= 11 is 0. The Hall–Kier alpha value is -1.52. The molecule has 0 bridgehead atoms. The topological polar surface area (TPSA) is 117 Å². The molecule has 3 N–H and O–H groups in total. The fraction of sp³-hybridized carbons (Fsp3) is 0.533. The van der Waals surface area contributed by atoms with E-state index in [0.29, 0.717) is 5.56 Å². The molecule has 2 aliphatic heterocycles. The van der Waals surface area contributed by atoms with Gasteiger partial charge in [-0.25, -0.2) is 13.1 Å². The molecule has 2 fully saturated rings. The second-order valence-electron chi connectivity index (χ2n) is 5.88. The number of primary amides is 1. The summed E-state index contributed by atoms with van der Waals surface area (Å²) < 4.78 is 43.8. The first-order chi connectivity index (χ1) is 11.4. The highest BCUT2D eigenvalue weighted by atomic mass is 32.2. The number of amides is 1. The van der Waals surface area contributed by atoms with Crippen LogP contribution >= 0.6 is 0 Å². The number of carbonyl (C=O) groups is 1. The molecule has 2 heterocycles. The minimum atomic E-state index is -3.52. The fourth-order valence-electron chi connectivity index (χ4n) is 2.96. The van der Waals surface area contributed by atoms with Gasteiger partial charge in [-0.3, -0.25) is 4.79 Å². The monoisotopic (exact) mass is 356 g/mol. The van der Waals surface area contributed by atoms with Crippen LogP contribution < -0.4 is 10.5 Å². The molecular weight excluding hydrogens is 336 g/mol. The van der Waals surface area contributed by atoms with Crippen LogP contribution in [0.2, 0.25) is 0 Å². The zero-order valence-electron chi connectivity index (χ0n) is 13.0. The van der Waals surface area contributed by atoms with Crippen molar-refractivity contribution in [2.45, 2.75) is 30.1 Å². The van der Waals surface area contributed by atoms with Crippen molar-refractivity contribution in [1.82, 2.24) is 4.72 Å². The lowest BCUT2D eigenvalue weighted by Gasteiger charge is -2.18. The lowest BCUT2D eigenvalue weighted by Crippen LogP contribution is -2.44. The Morgan fingerprint density at radius 2 is 1.92 bits per heavy atom. The van der Waals surface area contributed by atoms with E-state index in [1.807, 2.05) is 6.07 Å². The van der Waals surface area contributed by atoms with Crippen LogP contribution in [-0.4, -0.2) is 58.5 Å². The average Bonchev–Trinajstić information content (AvgIpc) is 3.08. The van der Waals surface area contributed by atoms with Gasteiger partial charge < -0.3 is 19.9 Å². The van der Waals surface area contributed by atoms with Crippen LogP contribution in [0, 0.1) is 0 Å². The van der Waals surface area contributed by atoms with Crippen molar-refractivity contribution in [2.24, 2.45) is 5.73 Å². The Morgan fingerprint density at radius 1 is 1.21 bits per heavy atom. The van der Waals surface area contributed by atoms with Gasteiger partial charge in [0.2, 0.25) is 15.9 Å². The maximum Gasteiger partial charge on any atom is 0.243 e. The molecule has 1 amide bonds. The summed E-state index contributed by atoms with van der Waals surface area (Å²) in [5.41, 5.74) is 5.76. The highest BCUT2D eigenvalue weighted by Gasteiger charge is 2.49. The number of nitrogens with two attached hydrogens (primary N) is 1. The van der Waals surface area contributed by atoms with Gasteiger partial charge in [-0.2, -0.15) is 0 Å². The van der Waals surface area contributed by atoms with Crippen molar-refractivity contribution in [3.63, 3.8) is 0 Å². The molecule has 24 heavy (non-hydrogen) atoms. The quantitative estimate of drug-likeness (QED) is 0.657. The van der Waals surface area contributed by atoms with Crippen LogP contribution in [0.15, 0.2) is 30.3 Å². The molecule has 2 saturated heterocycles. The van der Waals surface area contributed by atoms with Gasteiger partial charge in [-0.1, -0.05) is 30.3 Å². The third kappa shape index (κ3) is 4.11. The smallest absolute Gasteiger partial charge is 0.243 e. The molecule has 132 valence electrons. The summed E-state index contributed by atoms with van der Waals surface area (Å²) in [6.07, 6.45) is -1.27. The molecule has 3 rings (SSSR count). The van der Waals surface area contributed by atoms with E-state index in [1.165, 1.54) is 0 Å². The van der Waals surface area contributed by atoms with Gasteiger partial charge in [-0.05, 0) is 5.56 Å². The standard InChI is InChI=1S/C15H20N2O6S/c16-13(18)8-21-12-7-23-14-11(6-22-15(12)14)17-24(19,20)9-10-4-2-1-3-5-10/h1-5,11-12,14-15,17H,6-9H2,(H2,16,18)/t11-,12-,14-,15+/m1/s1. The molecule has 1 aromatic rings. The number of benzene rings is 1.